The molecule has 1 amide bonds. The van der Waals surface area contributed by atoms with Crippen LogP contribution in [0.2, 0.25) is 5.02 Å². The van der Waals surface area contributed by atoms with Crippen LogP contribution in [-0.4, -0.2) is 47.0 Å². The van der Waals surface area contributed by atoms with Gasteiger partial charge in [0.05, 0.1) is 23.3 Å². The van der Waals surface area contributed by atoms with E-state index in [-0.39, 0.29) is 33.6 Å². The number of carbonyl (C=O) groups excluding carboxylic acids is 1. The Labute approximate surface area is 197 Å². The standard InChI is InChI=1S/C23H19ClF3N5O2/c1-32(2)22(33)14-6-11(8-29-20(14)28)15-9-30-21-18(19(15)24)16(10-31-21)13-7-12(23(25,26)27)4-5-17(13)34-3/h4-10H,1-3H3,(H2,28,29)(H,30,31). The van der Waals surface area contributed by atoms with Gasteiger partial charge in [-0.15, -0.1) is 0 Å². The van der Waals surface area contributed by atoms with Crippen LogP contribution in [0.25, 0.3) is 33.3 Å². The van der Waals surface area contributed by atoms with Gasteiger partial charge in [-0.05, 0) is 24.3 Å². The van der Waals surface area contributed by atoms with Crippen molar-refractivity contribution in [3.05, 3.63) is 59.0 Å². The van der Waals surface area contributed by atoms with Crippen molar-refractivity contribution in [3.8, 4) is 28.0 Å². The molecule has 176 valence electrons. The van der Waals surface area contributed by atoms with Crippen LogP contribution in [0.1, 0.15) is 15.9 Å². The molecule has 4 rings (SSSR count). The van der Waals surface area contributed by atoms with Gasteiger partial charge in [-0.2, -0.15) is 13.2 Å². The van der Waals surface area contributed by atoms with Crippen molar-refractivity contribution in [2.24, 2.45) is 0 Å². The summed E-state index contributed by atoms with van der Waals surface area (Å²) >= 11 is 6.75. The lowest BCUT2D eigenvalue weighted by Crippen LogP contribution is -2.23. The number of amides is 1. The fourth-order valence-electron chi connectivity index (χ4n) is 3.60. The highest BCUT2D eigenvalue weighted by Crippen LogP contribution is 2.43. The topological polar surface area (TPSA) is 97.1 Å². The fraction of sp³-hybridized carbons (Fsp3) is 0.174. The summed E-state index contributed by atoms with van der Waals surface area (Å²) < 4.78 is 45.5. The van der Waals surface area contributed by atoms with E-state index in [1.54, 1.807) is 20.2 Å². The second-order valence-electron chi connectivity index (χ2n) is 7.68. The van der Waals surface area contributed by atoms with E-state index in [1.165, 1.54) is 36.7 Å². The summed E-state index contributed by atoms with van der Waals surface area (Å²) in [4.78, 5) is 25.3. The molecule has 34 heavy (non-hydrogen) atoms. The maximum atomic E-state index is 13.4. The average Bonchev–Trinajstić information content (AvgIpc) is 3.23. The van der Waals surface area contributed by atoms with E-state index in [1.807, 2.05) is 0 Å². The number of carbonyl (C=O) groups is 1. The first-order valence-electron chi connectivity index (χ1n) is 9.91. The van der Waals surface area contributed by atoms with Crippen LogP contribution < -0.4 is 10.5 Å². The number of pyridine rings is 2. The van der Waals surface area contributed by atoms with Crippen LogP contribution in [0.5, 0.6) is 5.75 Å². The zero-order chi connectivity index (χ0) is 24.8. The van der Waals surface area contributed by atoms with E-state index in [9.17, 15) is 18.0 Å². The molecule has 7 nitrogen and oxygen atoms in total. The predicted octanol–water partition coefficient (Wildman–Crippen LogP) is 5.26. The number of anilines is 1. The van der Waals surface area contributed by atoms with Crippen molar-refractivity contribution >= 4 is 34.4 Å². The summed E-state index contributed by atoms with van der Waals surface area (Å²) in [5.41, 5.74) is 7.10. The zero-order valence-corrected chi connectivity index (χ0v) is 19.0. The summed E-state index contributed by atoms with van der Waals surface area (Å²) in [6, 6.07) is 4.76. The molecular formula is C23H19ClF3N5O2. The number of ether oxygens (including phenoxy) is 1. The molecular weight excluding hydrogens is 471 g/mol. The molecule has 0 saturated heterocycles. The van der Waals surface area contributed by atoms with E-state index in [2.05, 4.69) is 15.0 Å². The summed E-state index contributed by atoms with van der Waals surface area (Å²) in [6.07, 6.45) is -0.0714. The zero-order valence-electron chi connectivity index (χ0n) is 18.3. The molecule has 11 heteroatoms. The maximum absolute atomic E-state index is 13.4. The Morgan fingerprint density at radius 2 is 1.85 bits per heavy atom. The monoisotopic (exact) mass is 489 g/mol. The molecule has 0 aliphatic rings. The first-order valence-corrected chi connectivity index (χ1v) is 10.3. The van der Waals surface area contributed by atoms with Gasteiger partial charge in [0.25, 0.3) is 5.91 Å². The number of H-pyrrole nitrogens is 1. The Morgan fingerprint density at radius 1 is 1.12 bits per heavy atom. The van der Waals surface area contributed by atoms with Gasteiger partial charge >= 0.3 is 6.18 Å². The number of aromatic nitrogens is 3. The predicted molar refractivity (Wildman–Crippen MR) is 124 cm³/mol. The number of alkyl halides is 3. The van der Waals surface area contributed by atoms with Crippen molar-refractivity contribution in [1.29, 1.82) is 0 Å². The molecule has 0 unspecified atom stereocenters. The van der Waals surface area contributed by atoms with Gasteiger partial charge in [0.1, 0.15) is 17.2 Å². The van der Waals surface area contributed by atoms with Crippen LogP contribution in [0.4, 0.5) is 19.0 Å². The SMILES string of the molecule is COc1ccc(C(F)(F)F)cc1-c1c[nH]c2ncc(-c3cnc(N)c(C(=O)N(C)C)c3)c(Cl)c12. The molecule has 3 heterocycles. The minimum atomic E-state index is -4.54. The van der Waals surface area contributed by atoms with Crippen LogP contribution in [0.3, 0.4) is 0 Å². The van der Waals surface area contributed by atoms with E-state index in [4.69, 9.17) is 22.1 Å². The summed E-state index contributed by atoms with van der Waals surface area (Å²) in [5, 5.41) is 0.615. The molecule has 0 spiro atoms. The molecule has 4 aromatic rings. The fourth-order valence-corrected chi connectivity index (χ4v) is 3.95. The first-order chi connectivity index (χ1) is 16.0. The molecule has 0 saturated carbocycles. The Bertz CT molecular complexity index is 1420. The van der Waals surface area contributed by atoms with Gasteiger partial charge in [0.15, 0.2) is 0 Å². The maximum Gasteiger partial charge on any atom is 0.416 e. The highest BCUT2D eigenvalue weighted by Gasteiger charge is 2.32. The highest BCUT2D eigenvalue weighted by atomic mass is 35.5. The Balaban J connectivity index is 1.93. The number of fused-ring (bicyclic) bond motifs is 1. The van der Waals surface area contributed by atoms with Crippen LogP contribution in [-0.2, 0) is 6.18 Å². The van der Waals surface area contributed by atoms with E-state index in [0.717, 1.165) is 12.1 Å². The molecule has 0 radical (unpaired) electrons. The van der Waals surface area contributed by atoms with Crippen molar-refractivity contribution in [1.82, 2.24) is 19.9 Å². The molecule has 0 aliphatic heterocycles. The van der Waals surface area contributed by atoms with Gasteiger partial charge in [-0.25, -0.2) is 9.97 Å². The smallest absolute Gasteiger partial charge is 0.416 e. The molecule has 1 aromatic carbocycles. The minimum absolute atomic E-state index is 0.0589. The summed E-state index contributed by atoms with van der Waals surface area (Å²) in [7, 11) is 4.54. The second kappa shape index (κ2) is 8.53. The van der Waals surface area contributed by atoms with Crippen LogP contribution in [0.15, 0.2) is 42.9 Å². The van der Waals surface area contributed by atoms with Gasteiger partial charge in [0, 0.05) is 60.3 Å². The molecule has 0 aliphatic carbocycles. The van der Waals surface area contributed by atoms with Crippen molar-refractivity contribution in [2.75, 3.05) is 26.9 Å². The Hall–Kier alpha value is -3.79. The average molecular weight is 490 g/mol. The molecule has 0 atom stereocenters. The Morgan fingerprint density at radius 3 is 2.50 bits per heavy atom. The molecule has 0 fully saturated rings. The Kier molecular flexibility index (Phi) is 5.86. The highest BCUT2D eigenvalue weighted by molar-refractivity contribution is 6.39. The number of nitrogen functional groups attached to an aromatic ring is 1. The minimum Gasteiger partial charge on any atom is -0.496 e. The number of rotatable bonds is 4. The second-order valence-corrected chi connectivity index (χ2v) is 8.06. The lowest BCUT2D eigenvalue weighted by molar-refractivity contribution is -0.137. The van der Waals surface area contributed by atoms with Crippen LogP contribution in [0, 0.1) is 0 Å². The molecule has 3 aromatic heterocycles. The largest absolute Gasteiger partial charge is 0.496 e. The quantitative estimate of drug-likeness (QED) is 0.408. The van der Waals surface area contributed by atoms with Crippen molar-refractivity contribution in [2.45, 2.75) is 6.18 Å². The molecule has 3 N–H and O–H groups in total. The van der Waals surface area contributed by atoms with E-state index < -0.39 is 11.7 Å². The molecule has 0 bridgehead atoms. The van der Waals surface area contributed by atoms with Gasteiger partial charge in [0.2, 0.25) is 0 Å². The normalized spacial score (nSPS) is 11.6. The third kappa shape index (κ3) is 4.01. The lowest BCUT2D eigenvalue weighted by atomic mass is 9.99. The number of benzene rings is 1. The number of halogens is 4. The van der Waals surface area contributed by atoms with Crippen molar-refractivity contribution < 1.29 is 22.7 Å². The summed E-state index contributed by atoms with van der Waals surface area (Å²) in [5.74, 6) is -0.0416. The third-order valence-corrected chi connectivity index (χ3v) is 5.71. The van der Waals surface area contributed by atoms with Crippen molar-refractivity contribution in [3.63, 3.8) is 0 Å². The number of nitrogens with two attached hydrogens (primary N) is 1. The number of aromatic amines is 1. The first kappa shape index (κ1) is 23.4. The number of hydrogen-bond acceptors (Lipinski definition) is 5. The van der Waals surface area contributed by atoms with Crippen LogP contribution >= 0.6 is 11.6 Å². The van der Waals surface area contributed by atoms with E-state index >= 15 is 0 Å². The number of methoxy groups -OCH3 is 1. The summed E-state index contributed by atoms with van der Waals surface area (Å²) in [6.45, 7) is 0. The van der Waals surface area contributed by atoms with Gasteiger partial charge < -0.3 is 20.4 Å². The number of nitrogens with one attached hydrogen (secondary N) is 1. The number of hydrogen-bond donors (Lipinski definition) is 2. The van der Waals surface area contributed by atoms with E-state index in [0.29, 0.717) is 27.7 Å². The van der Waals surface area contributed by atoms with Gasteiger partial charge in [-0.1, -0.05) is 11.6 Å². The van der Waals surface area contributed by atoms with Gasteiger partial charge in [-0.3, -0.25) is 4.79 Å². The lowest BCUT2D eigenvalue weighted by Gasteiger charge is -2.14. The third-order valence-electron chi connectivity index (χ3n) is 5.32. The number of nitrogens with zero attached hydrogens (tertiary/aromatic N) is 3.